The van der Waals surface area contributed by atoms with Crippen LogP contribution in [0.1, 0.15) is 18.4 Å². The molecule has 0 radical (unpaired) electrons. The fourth-order valence-corrected chi connectivity index (χ4v) is 4.18. The summed E-state index contributed by atoms with van der Waals surface area (Å²) < 4.78 is 27.1. The molecule has 34 heavy (non-hydrogen) atoms. The minimum absolute atomic E-state index is 0.0378. The van der Waals surface area contributed by atoms with Gasteiger partial charge in [0.1, 0.15) is 5.75 Å². The SMILES string of the molecule is COc1ccc(CN(C(=O)CSc2nnc(-c3cc(OC)c(OC)c(OC)c3)o2)C2CC2)cc1. The highest BCUT2D eigenvalue weighted by molar-refractivity contribution is 7.99. The molecule has 1 amide bonds. The summed E-state index contributed by atoms with van der Waals surface area (Å²) in [5, 5.41) is 8.53. The van der Waals surface area contributed by atoms with Gasteiger partial charge in [0.2, 0.25) is 17.5 Å². The van der Waals surface area contributed by atoms with E-state index in [0.29, 0.717) is 40.5 Å². The van der Waals surface area contributed by atoms with Crippen molar-refractivity contribution >= 4 is 17.7 Å². The first-order chi connectivity index (χ1) is 16.6. The molecule has 0 atom stereocenters. The molecule has 10 heteroatoms. The standard InChI is InChI=1S/C24H27N3O6S/c1-29-18-9-5-15(6-10-18)13-27(17-7-8-17)21(28)14-34-24-26-25-23(33-24)16-11-19(30-2)22(32-4)20(12-16)31-3/h5-6,9-12,17H,7-8,13-14H2,1-4H3. The number of methoxy groups -OCH3 is 4. The molecule has 3 aromatic rings. The molecule has 180 valence electrons. The summed E-state index contributed by atoms with van der Waals surface area (Å²) in [5.74, 6) is 2.79. The fraction of sp³-hybridized carbons (Fsp3) is 0.375. The summed E-state index contributed by atoms with van der Waals surface area (Å²) in [6, 6.07) is 11.5. The predicted octanol–water partition coefficient (Wildman–Crippen LogP) is 4.05. The molecule has 0 spiro atoms. The third kappa shape index (κ3) is 5.39. The van der Waals surface area contributed by atoms with Crippen LogP contribution in [0.2, 0.25) is 0 Å². The fourth-order valence-electron chi connectivity index (χ4n) is 3.53. The highest BCUT2D eigenvalue weighted by Crippen LogP contribution is 2.41. The summed E-state index contributed by atoms with van der Waals surface area (Å²) in [5.41, 5.74) is 1.69. The number of ether oxygens (including phenoxy) is 4. The summed E-state index contributed by atoms with van der Waals surface area (Å²) in [4.78, 5) is 14.9. The zero-order valence-electron chi connectivity index (χ0n) is 19.6. The van der Waals surface area contributed by atoms with Crippen molar-refractivity contribution in [3.63, 3.8) is 0 Å². The van der Waals surface area contributed by atoms with Gasteiger partial charge in [-0.3, -0.25) is 4.79 Å². The van der Waals surface area contributed by atoms with Crippen LogP contribution in [0, 0.1) is 0 Å². The molecule has 0 unspecified atom stereocenters. The second-order valence-corrected chi connectivity index (χ2v) is 8.60. The van der Waals surface area contributed by atoms with Crippen molar-refractivity contribution in [2.45, 2.75) is 30.7 Å². The Morgan fingerprint density at radius 1 is 1.00 bits per heavy atom. The van der Waals surface area contributed by atoms with E-state index in [-0.39, 0.29) is 17.7 Å². The highest BCUT2D eigenvalue weighted by Gasteiger charge is 2.32. The smallest absolute Gasteiger partial charge is 0.277 e. The van der Waals surface area contributed by atoms with Crippen LogP contribution >= 0.6 is 11.8 Å². The highest BCUT2D eigenvalue weighted by atomic mass is 32.2. The lowest BCUT2D eigenvalue weighted by molar-refractivity contribution is -0.129. The molecule has 1 aliphatic carbocycles. The number of aromatic nitrogens is 2. The average molecular weight is 486 g/mol. The minimum Gasteiger partial charge on any atom is -0.497 e. The molecule has 4 rings (SSSR count). The predicted molar refractivity (Wildman–Crippen MR) is 127 cm³/mol. The van der Waals surface area contributed by atoms with Crippen molar-refractivity contribution in [2.24, 2.45) is 0 Å². The van der Waals surface area contributed by atoms with E-state index in [2.05, 4.69) is 10.2 Å². The van der Waals surface area contributed by atoms with Crippen molar-refractivity contribution < 1.29 is 28.2 Å². The number of benzene rings is 2. The second-order valence-electron chi connectivity index (χ2n) is 7.68. The average Bonchev–Trinajstić information content (AvgIpc) is 3.61. The van der Waals surface area contributed by atoms with Gasteiger partial charge in [-0.15, -0.1) is 10.2 Å². The van der Waals surface area contributed by atoms with Gasteiger partial charge in [0.25, 0.3) is 5.22 Å². The van der Waals surface area contributed by atoms with Crippen LogP contribution in [-0.2, 0) is 11.3 Å². The van der Waals surface area contributed by atoms with Gasteiger partial charge < -0.3 is 28.3 Å². The van der Waals surface area contributed by atoms with E-state index in [0.717, 1.165) is 24.2 Å². The Morgan fingerprint density at radius 3 is 2.24 bits per heavy atom. The van der Waals surface area contributed by atoms with Gasteiger partial charge in [0, 0.05) is 18.2 Å². The van der Waals surface area contributed by atoms with Crippen LogP contribution < -0.4 is 18.9 Å². The summed E-state index contributed by atoms with van der Waals surface area (Å²) in [6.07, 6.45) is 2.05. The largest absolute Gasteiger partial charge is 0.497 e. The summed E-state index contributed by atoms with van der Waals surface area (Å²) >= 11 is 1.22. The van der Waals surface area contributed by atoms with E-state index in [1.807, 2.05) is 29.2 Å². The Balaban J connectivity index is 1.42. The topological polar surface area (TPSA) is 96.2 Å². The molecule has 1 heterocycles. The van der Waals surface area contributed by atoms with Crippen LogP contribution in [0.25, 0.3) is 11.5 Å². The molecular formula is C24H27N3O6S. The summed E-state index contributed by atoms with van der Waals surface area (Å²) in [7, 11) is 6.26. The Kier molecular flexibility index (Phi) is 7.46. The monoisotopic (exact) mass is 485 g/mol. The number of amides is 1. The number of rotatable bonds is 11. The maximum absolute atomic E-state index is 13.0. The van der Waals surface area contributed by atoms with Crippen LogP contribution in [-0.4, -0.2) is 61.2 Å². The van der Waals surface area contributed by atoms with Crippen LogP contribution in [0.5, 0.6) is 23.0 Å². The molecule has 1 saturated carbocycles. The molecule has 0 saturated heterocycles. The van der Waals surface area contributed by atoms with Gasteiger partial charge in [-0.05, 0) is 42.7 Å². The van der Waals surface area contributed by atoms with Crippen molar-refractivity contribution in [1.29, 1.82) is 0 Å². The van der Waals surface area contributed by atoms with E-state index in [4.69, 9.17) is 23.4 Å². The summed E-state index contributed by atoms with van der Waals surface area (Å²) in [6.45, 7) is 0.564. The van der Waals surface area contributed by atoms with E-state index in [9.17, 15) is 4.79 Å². The lowest BCUT2D eigenvalue weighted by atomic mass is 10.2. The molecule has 1 aromatic heterocycles. The van der Waals surface area contributed by atoms with Crippen molar-refractivity contribution in [3.8, 4) is 34.5 Å². The first-order valence-electron chi connectivity index (χ1n) is 10.7. The van der Waals surface area contributed by atoms with Crippen LogP contribution in [0.4, 0.5) is 0 Å². The maximum Gasteiger partial charge on any atom is 0.277 e. The van der Waals surface area contributed by atoms with E-state index < -0.39 is 0 Å². The Hall–Kier alpha value is -3.40. The molecule has 0 bridgehead atoms. The number of carbonyl (C=O) groups is 1. The Bertz CT molecular complexity index is 1100. The molecule has 2 aromatic carbocycles. The minimum atomic E-state index is 0.0378. The quantitative estimate of drug-likeness (QED) is 0.373. The van der Waals surface area contributed by atoms with Crippen molar-refractivity contribution in [3.05, 3.63) is 42.0 Å². The lowest BCUT2D eigenvalue weighted by Gasteiger charge is -2.22. The van der Waals surface area contributed by atoms with Gasteiger partial charge in [-0.25, -0.2) is 0 Å². The zero-order chi connectivity index (χ0) is 24.1. The number of hydrogen-bond donors (Lipinski definition) is 0. The third-order valence-electron chi connectivity index (χ3n) is 5.46. The zero-order valence-corrected chi connectivity index (χ0v) is 20.4. The van der Waals surface area contributed by atoms with Gasteiger partial charge >= 0.3 is 0 Å². The van der Waals surface area contributed by atoms with Gasteiger partial charge in [-0.2, -0.15) is 0 Å². The lowest BCUT2D eigenvalue weighted by Crippen LogP contribution is -2.33. The molecule has 0 N–H and O–H groups in total. The van der Waals surface area contributed by atoms with Gasteiger partial charge in [0.05, 0.1) is 34.2 Å². The molecule has 1 fully saturated rings. The van der Waals surface area contributed by atoms with E-state index in [1.54, 1.807) is 33.5 Å². The molecule has 9 nitrogen and oxygen atoms in total. The number of carbonyl (C=O) groups excluding carboxylic acids is 1. The second kappa shape index (κ2) is 10.7. The molecular weight excluding hydrogens is 458 g/mol. The van der Waals surface area contributed by atoms with Crippen LogP contribution in [0.3, 0.4) is 0 Å². The number of nitrogens with zero attached hydrogens (tertiary/aromatic N) is 3. The van der Waals surface area contributed by atoms with Crippen molar-refractivity contribution in [2.75, 3.05) is 34.2 Å². The first kappa shape index (κ1) is 23.7. The Labute approximate surface area is 202 Å². The molecule has 1 aliphatic rings. The normalized spacial score (nSPS) is 12.8. The van der Waals surface area contributed by atoms with Crippen molar-refractivity contribution in [1.82, 2.24) is 15.1 Å². The van der Waals surface area contributed by atoms with E-state index >= 15 is 0 Å². The Morgan fingerprint density at radius 2 is 1.68 bits per heavy atom. The number of thioether (sulfide) groups is 1. The van der Waals surface area contributed by atoms with Gasteiger partial charge in [-0.1, -0.05) is 23.9 Å². The van der Waals surface area contributed by atoms with Crippen LogP contribution in [0.15, 0.2) is 46.0 Å². The van der Waals surface area contributed by atoms with Gasteiger partial charge in [0.15, 0.2) is 11.5 Å². The first-order valence-corrected chi connectivity index (χ1v) is 11.7. The van der Waals surface area contributed by atoms with E-state index in [1.165, 1.54) is 18.9 Å². The number of hydrogen-bond acceptors (Lipinski definition) is 9. The molecule has 0 aliphatic heterocycles. The third-order valence-corrected chi connectivity index (χ3v) is 6.26. The maximum atomic E-state index is 13.0.